The highest BCUT2D eigenvalue weighted by Gasteiger charge is 2.32. The van der Waals surface area contributed by atoms with Crippen LogP contribution in [0.15, 0.2) is 59.6 Å². The van der Waals surface area contributed by atoms with Gasteiger partial charge in [0.05, 0.1) is 5.69 Å². The summed E-state index contributed by atoms with van der Waals surface area (Å²) in [6.07, 6.45) is 1.20. The molecule has 1 aliphatic heterocycles. The fourth-order valence-corrected chi connectivity index (χ4v) is 3.71. The van der Waals surface area contributed by atoms with E-state index in [-0.39, 0.29) is 18.2 Å². The Kier molecular flexibility index (Phi) is 6.29. The summed E-state index contributed by atoms with van der Waals surface area (Å²) >= 11 is 1.30. The number of carbonyl (C=O) groups excluding carboxylic acids is 2. The number of carbonyl (C=O) groups is 2. The first-order valence-corrected chi connectivity index (χ1v) is 9.94. The van der Waals surface area contributed by atoms with Crippen molar-refractivity contribution in [2.45, 2.75) is 37.9 Å². The van der Waals surface area contributed by atoms with Crippen LogP contribution in [0.25, 0.3) is 0 Å². The fraction of sp³-hybridized carbons (Fsp3) is 0.286. The zero-order valence-electron chi connectivity index (χ0n) is 15.4. The van der Waals surface area contributed by atoms with Crippen LogP contribution in [0.4, 0.5) is 11.4 Å². The van der Waals surface area contributed by atoms with Gasteiger partial charge >= 0.3 is 0 Å². The normalized spacial score (nSPS) is 19.0. The molecule has 0 bridgehead atoms. The number of aliphatic imine (C=N–C) groups is 1. The van der Waals surface area contributed by atoms with Gasteiger partial charge < -0.3 is 10.6 Å². The number of nitrogens with one attached hydrogen (secondary N) is 2. The smallest absolute Gasteiger partial charge is 0.240 e. The molecule has 1 saturated heterocycles. The van der Waals surface area contributed by atoms with Crippen molar-refractivity contribution in [2.24, 2.45) is 4.99 Å². The number of para-hydroxylation sites is 1. The zero-order chi connectivity index (χ0) is 19.2. The van der Waals surface area contributed by atoms with Crippen molar-refractivity contribution in [1.29, 1.82) is 0 Å². The Labute approximate surface area is 163 Å². The lowest BCUT2D eigenvalue weighted by atomic mass is 9.99. The molecule has 1 heterocycles. The molecule has 27 heavy (non-hydrogen) atoms. The van der Waals surface area contributed by atoms with Crippen LogP contribution >= 0.6 is 11.8 Å². The minimum Gasteiger partial charge on any atom is -0.326 e. The van der Waals surface area contributed by atoms with E-state index in [1.54, 1.807) is 0 Å². The number of amides is 2. The Morgan fingerprint density at radius 3 is 2.56 bits per heavy atom. The second kappa shape index (κ2) is 8.86. The third-order valence-corrected chi connectivity index (χ3v) is 5.59. The maximum Gasteiger partial charge on any atom is 0.240 e. The van der Waals surface area contributed by atoms with Crippen LogP contribution in [0.2, 0.25) is 0 Å². The standard InChI is InChI=1S/C21H23N3O2S/c1-3-14(2)15-9-11-17(12-10-15)23-21-24-20(26)18(27-21)13-19(25)22-16-7-5-4-6-8-16/h4-12,14,18H,3,13H2,1-2H3,(H,22,25)(H,23,24,26)/t14-,18+/m0/s1. The molecule has 2 N–H and O–H groups in total. The number of rotatable bonds is 6. The van der Waals surface area contributed by atoms with Gasteiger partial charge in [-0.3, -0.25) is 9.59 Å². The molecular weight excluding hydrogens is 358 g/mol. The van der Waals surface area contributed by atoms with Gasteiger partial charge in [-0.25, -0.2) is 4.99 Å². The first-order valence-electron chi connectivity index (χ1n) is 9.06. The Morgan fingerprint density at radius 2 is 1.89 bits per heavy atom. The maximum absolute atomic E-state index is 12.2. The van der Waals surface area contributed by atoms with E-state index < -0.39 is 5.25 Å². The van der Waals surface area contributed by atoms with E-state index in [1.165, 1.54) is 17.3 Å². The van der Waals surface area contributed by atoms with Gasteiger partial charge in [-0.1, -0.05) is 55.9 Å². The van der Waals surface area contributed by atoms with Crippen molar-refractivity contribution >= 4 is 40.1 Å². The highest BCUT2D eigenvalue weighted by molar-refractivity contribution is 8.15. The molecule has 0 aliphatic carbocycles. The molecule has 0 radical (unpaired) electrons. The van der Waals surface area contributed by atoms with Crippen LogP contribution in [0.5, 0.6) is 0 Å². The number of hydrogen-bond acceptors (Lipinski definition) is 4. The van der Waals surface area contributed by atoms with E-state index in [4.69, 9.17) is 0 Å². The summed E-state index contributed by atoms with van der Waals surface area (Å²) in [6.45, 7) is 4.36. The first-order chi connectivity index (χ1) is 13.0. The summed E-state index contributed by atoms with van der Waals surface area (Å²) in [4.78, 5) is 28.8. The van der Waals surface area contributed by atoms with Crippen LogP contribution in [-0.2, 0) is 9.59 Å². The fourth-order valence-electron chi connectivity index (χ4n) is 2.72. The molecule has 5 nitrogen and oxygen atoms in total. The highest BCUT2D eigenvalue weighted by Crippen LogP contribution is 2.27. The molecule has 2 atom stereocenters. The van der Waals surface area contributed by atoms with E-state index in [0.717, 1.165) is 17.8 Å². The third-order valence-electron chi connectivity index (χ3n) is 4.51. The second-order valence-corrected chi connectivity index (χ2v) is 7.72. The summed E-state index contributed by atoms with van der Waals surface area (Å²) in [5.41, 5.74) is 2.79. The molecule has 1 fully saturated rings. The molecular formula is C21H23N3O2S. The van der Waals surface area contributed by atoms with Gasteiger partial charge in [0.15, 0.2) is 5.17 Å². The van der Waals surface area contributed by atoms with Gasteiger partial charge in [0.2, 0.25) is 11.8 Å². The molecule has 6 heteroatoms. The van der Waals surface area contributed by atoms with E-state index in [2.05, 4.69) is 41.6 Å². The monoisotopic (exact) mass is 381 g/mol. The SMILES string of the molecule is CC[C@H](C)c1ccc(N=C2NC(=O)[C@@H](CC(=O)Nc3ccccc3)S2)cc1. The van der Waals surface area contributed by atoms with Crippen molar-refractivity contribution in [2.75, 3.05) is 5.32 Å². The third kappa shape index (κ3) is 5.20. The minimum absolute atomic E-state index is 0.108. The Hall–Kier alpha value is -2.60. The van der Waals surface area contributed by atoms with E-state index in [9.17, 15) is 9.59 Å². The van der Waals surface area contributed by atoms with E-state index in [1.807, 2.05) is 42.5 Å². The largest absolute Gasteiger partial charge is 0.326 e. The number of nitrogens with zero attached hydrogens (tertiary/aromatic N) is 1. The van der Waals surface area contributed by atoms with E-state index >= 15 is 0 Å². The predicted molar refractivity (Wildman–Crippen MR) is 111 cm³/mol. The average Bonchev–Trinajstić information content (AvgIpc) is 3.01. The van der Waals surface area contributed by atoms with Gasteiger partial charge in [-0.15, -0.1) is 0 Å². The van der Waals surface area contributed by atoms with Crippen molar-refractivity contribution < 1.29 is 9.59 Å². The molecule has 1 aliphatic rings. The summed E-state index contributed by atoms with van der Waals surface area (Å²) < 4.78 is 0. The highest BCUT2D eigenvalue weighted by atomic mass is 32.2. The van der Waals surface area contributed by atoms with Gasteiger partial charge in [0.25, 0.3) is 0 Å². The lowest BCUT2D eigenvalue weighted by Gasteiger charge is -2.08. The topological polar surface area (TPSA) is 70.6 Å². The second-order valence-electron chi connectivity index (χ2n) is 6.53. The van der Waals surface area contributed by atoms with Crippen molar-refractivity contribution in [1.82, 2.24) is 5.32 Å². The summed E-state index contributed by atoms with van der Waals surface area (Å²) in [7, 11) is 0. The predicted octanol–water partition coefficient (Wildman–Crippen LogP) is 4.45. The maximum atomic E-state index is 12.2. The van der Waals surface area contributed by atoms with Gasteiger partial charge in [-0.05, 0) is 42.2 Å². The quantitative estimate of drug-likeness (QED) is 0.777. The van der Waals surface area contributed by atoms with Crippen LogP contribution < -0.4 is 10.6 Å². The van der Waals surface area contributed by atoms with Crippen molar-refractivity contribution in [3.8, 4) is 0 Å². The molecule has 2 amide bonds. The molecule has 0 saturated carbocycles. The van der Waals surface area contributed by atoms with Gasteiger partial charge in [0.1, 0.15) is 5.25 Å². The molecule has 140 valence electrons. The zero-order valence-corrected chi connectivity index (χ0v) is 16.3. The van der Waals surface area contributed by atoms with Gasteiger partial charge in [0, 0.05) is 12.1 Å². The lowest BCUT2D eigenvalue weighted by Crippen LogP contribution is -2.28. The van der Waals surface area contributed by atoms with Crippen LogP contribution in [-0.4, -0.2) is 22.2 Å². The number of hydrogen-bond donors (Lipinski definition) is 2. The summed E-state index contributed by atoms with van der Waals surface area (Å²) in [5, 5.41) is 5.64. The molecule has 3 rings (SSSR count). The number of thioether (sulfide) groups is 1. The molecule has 2 aromatic rings. The summed E-state index contributed by atoms with van der Waals surface area (Å²) in [6, 6.07) is 17.3. The Bertz CT molecular complexity index is 834. The van der Waals surface area contributed by atoms with Crippen LogP contribution in [0.1, 0.15) is 38.2 Å². The molecule has 0 spiro atoms. The van der Waals surface area contributed by atoms with E-state index in [0.29, 0.717) is 11.1 Å². The number of anilines is 1. The van der Waals surface area contributed by atoms with Crippen molar-refractivity contribution in [3.63, 3.8) is 0 Å². The van der Waals surface area contributed by atoms with Gasteiger partial charge in [-0.2, -0.15) is 0 Å². The van der Waals surface area contributed by atoms with Crippen LogP contribution in [0, 0.1) is 0 Å². The minimum atomic E-state index is -0.466. The Balaban J connectivity index is 1.59. The Morgan fingerprint density at radius 1 is 1.19 bits per heavy atom. The average molecular weight is 382 g/mol. The van der Waals surface area contributed by atoms with Crippen molar-refractivity contribution in [3.05, 3.63) is 60.2 Å². The molecule has 2 aromatic carbocycles. The molecule has 0 aromatic heterocycles. The number of benzene rings is 2. The van der Waals surface area contributed by atoms with Crippen LogP contribution in [0.3, 0.4) is 0 Å². The first kappa shape index (κ1) is 19.2. The lowest BCUT2D eigenvalue weighted by molar-refractivity contribution is -0.122. The molecule has 0 unspecified atom stereocenters. The number of amidine groups is 1. The summed E-state index contributed by atoms with van der Waals surface area (Å²) in [5.74, 6) is 0.144.